The van der Waals surface area contributed by atoms with Crippen LogP contribution in [-0.4, -0.2) is 28.0 Å². The van der Waals surface area contributed by atoms with E-state index in [4.69, 9.17) is 10.2 Å². The molecule has 1 aliphatic rings. The Morgan fingerprint density at radius 1 is 1.22 bits per heavy atom. The first kappa shape index (κ1) is 14.7. The summed E-state index contributed by atoms with van der Waals surface area (Å²) in [4.78, 5) is 27.3. The number of thioether (sulfide) groups is 1. The van der Waals surface area contributed by atoms with Crippen molar-refractivity contribution in [2.75, 3.05) is 6.61 Å². The molecular formula is C21H24N2O3S. The molecule has 1 N–H and O–H groups in total. The Hall–Kier alpha value is -2.34. The molecule has 1 aromatic carbocycles. The Balaban J connectivity index is 1.54. The average molecular weight is 389 g/mol. The van der Waals surface area contributed by atoms with Gasteiger partial charge in [-0.1, -0.05) is 43.3 Å². The Morgan fingerprint density at radius 3 is 2.63 bits per heavy atom. The number of imide groups is 1. The maximum absolute atomic E-state index is 11.7. The lowest BCUT2D eigenvalue weighted by Crippen LogP contribution is -2.25. The van der Waals surface area contributed by atoms with Crippen molar-refractivity contribution in [3.63, 3.8) is 0 Å². The molecule has 6 heteroatoms. The second kappa shape index (κ2) is 9.04. The van der Waals surface area contributed by atoms with E-state index in [1.807, 2.05) is 24.3 Å². The standard InChI is InChI=1S/C21H24N2O3S/c1-3-4-16-7-8-17(22-14(16)2)11-12-26-18-9-5-15(6-10-18)13-19-20(24)23-21(25)27-19/h5-10,19H,3-4,11-13H2,1-2H3,(H,23,24,25)/i3D2,4D2. The van der Waals surface area contributed by atoms with Crippen LogP contribution in [0.25, 0.3) is 0 Å². The van der Waals surface area contributed by atoms with Crippen LogP contribution in [-0.2, 0) is 24.0 Å². The van der Waals surface area contributed by atoms with Crippen molar-refractivity contribution in [1.29, 1.82) is 0 Å². The third-order valence-corrected chi connectivity index (χ3v) is 5.12. The molecule has 1 saturated heterocycles. The molecule has 1 atom stereocenters. The van der Waals surface area contributed by atoms with E-state index in [1.165, 1.54) is 6.92 Å². The molecule has 2 aromatic rings. The highest BCUT2D eigenvalue weighted by atomic mass is 32.2. The second-order valence-corrected chi connectivity index (χ2v) is 7.32. The van der Waals surface area contributed by atoms with Crippen LogP contribution in [0.4, 0.5) is 4.79 Å². The molecule has 0 bridgehead atoms. The molecule has 1 unspecified atom stereocenters. The van der Waals surface area contributed by atoms with Gasteiger partial charge in [0.2, 0.25) is 5.91 Å². The number of benzene rings is 1. The van der Waals surface area contributed by atoms with Gasteiger partial charge in [0.05, 0.1) is 11.9 Å². The molecule has 1 aliphatic heterocycles. The molecule has 0 spiro atoms. The van der Waals surface area contributed by atoms with Crippen molar-refractivity contribution >= 4 is 22.9 Å². The Morgan fingerprint density at radius 2 is 2.00 bits per heavy atom. The number of hydrogen-bond donors (Lipinski definition) is 1. The lowest BCUT2D eigenvalue weighted by atomic mass is 10.1. The zero-order valence-electron chi connectivity index (χ0n) is 19.2. The Kier molecular flexibility index (Phi) is 4.92. The summed E-state index contributed by atoms with van der Waals surface area (Å²) in [5.74, 6) is 0.416. The topological polar surface area (TPSA) is 68.3 Å². The zero-order chi connectivity index (χ0) is 22.8. The predicted molar refractivity (Wildman–Crippen MR) is 107 cm³/mol. The largest absolute Gasteiger partial charge is 0.493 e. The fourth-order valence-corrected chi connectivity index (χ4v) is 3.62. The van der Waals surface area contributed by atoms with Crippen LogP contribution in [0.15, 0.2) is 36.4 Å². The van der Waals surface area contributed by atoms with E-state index >= 15 is 0 Å². The summed E-state index contributed by atoms with van der Waals surface area (Å²) in [5.41, 5.74) is 2.38. The third-order valence-electron chi connectivity index (χ3n) is 4.14. The van der Waals surface area contributed by atoms with E-state index in [0.29, 0.717) is 30.9 Å². The van der Waals surface area contributed by atoms with Crippen LogP contribution >= 0.6 is 11.8 Å². The van der Waals surface area contributed by atoms with E-state index in [1.54, 1.807) is 19.1 Å². The van der Waals surface area contributed by atoms with Crippen LogP contribution in [0, 0.1) is 6.92 Å². The average Bonchev–Trinajstić information content (AvgIpc) is 2.99. The molecule has 142 valence electrons. The number of nitrogens with one attached hydrogen (secondary N) is 1. The van der Waals surface area contributed by atoms with E-state index in [0.717, 1.165) is 23.0 Å². The minimum Gasteiger partial charge on any atom is -0.493 e. The van der Waals surface area contributed by atoms with Gasteiger partial charge in [0.25, 0.3) is 5.24 Å². The van der Waals surface area contributed by atoms with Gasteiger partial charge >= 0.3 is 0 Å². The van der Waals surface area contributed by atoms with E-state index in [-0.39, 0.29) is 16.7 Å². The molecule has 5 nitrogen and oxygen atoms in total. The highest BCUT2D eigenvalue weighted by Crippen LogP contribution is 2.24. The number of ether oxygens (including phenoxy) is 1. The molecule has 0 saturated carbocycles. The monoisotopic (exact) mass is 388 g/mol. The SMILES string of the molecule is [2H]C([2H])(C)C([2H])([2H])c1ccc(CCOc2ccc(CC3SC(=O)NC3=O)cc2)nc1C. The number of rotatable bonds is 8. The van der Waals surface area contributed by atoms with Gasteiger partial charge in [-0.05, 0) is 49.0 Å². The summed E-state index contributed by atoms with van der Waals surface area (Å²) in [5, 5.41) is 1.57. The fourth-order valence-electron chi connectivity index (χ4n) is 2.76. The number of amides is 2. The summed E-state index contributed by atoms with van der Waals surface area (Å²) < 4.78 is 37.4. The first-order chi connectivity index (χ1) is 14.5. The number of aryl methyl sites for hydroxylation is 2. The third kappa shape index (κ3) is 5.32. The first-order valence-corrected chi connectivity index (χ1v) is 9.55. The van der Waals surface area contributed by atoms with E-state index in [9.17, 15) is 9.59 Å². The molecule has 2 amide bonds. The van der Waals surface area contributed by atoms with Crippen molar-refractivity contribution in [1.82, 2.24) is 10.3 Å². The predicted octanol–water partition coefficient (Wildman–Crippen LogP) is 3.86. The van der Waals surface area contributed by atoms with Crippen LogP contribution in [0.3, 0.4) is 0 Å². The normalized spacial score (nSPS) is 19.7. The molecular weight excluding hydrogens is 360 g/mol. The molecule has 1 aromatic heterocycles. The quantitative estimate of drug-likeness (QED) is 0.744. The van der Waals surface area contributed by atoms with Crippen molar-refractivity contribution in [2.45, 2.75) is 44.7 Å². The number of pyridine rings is 1. The Bertz CT molecular complexity index is 978. The van der Waals surface area contributed by atoms with Crippen LogP contribution in [0.2, 0.25) is 0 Å². The van der Waals surface area contributed by atoms with Crippen molar-refractivity contribution in [3.05, 3.63) is 58.9 Å². The summed E-state index contributed by atoms with van der Waals surface area (Å²) in [6.07, 6.45) is -3.16. The minimum atomic E-state index is -2.13. The van der Waals surface area contributed by atoms with Crippen molar-refractivity contribution < 1.29 is 19.8 Å². The van der Waals surface area contributed by atoms with Gasteiger partial charge in [-0.15, -0.1) is 0 Å². The fraction of sp³-hybridized carbons (Fsp3) is 0.381. The molecule has 0 radical (unpaired) electrons. The van der Waals surface area contributed by atoms with Gasteiger partial charge in [0, 0.05) is 23.3 Å². The Labute approximate surface area is 169 Å². The maximum Gasteiger partial charge on any atom is 0.286 e. The molecule has 0 aliphatic carbocycles. The van der Waals surface area contributed by atoms with Crippen LogP contribution < -0.4 is 10.1 Å². The van der Waals surface area contributed by atoms with Gasteiger partial charge in [0.15, 0.2) is 0 Å². The zero-order valence-corrected chi connectivity index (χ0v) is 16.1. The first-order valence-electron chi connectivity index (χ1n) is 10.7. The van der Waals surface area contributed by atoms with E-state index < -0.39 is 18.0 Å². The van der Waals surface area contributed by atoms with E-state index in [2.05, 4.69) is 10.3 Å². The lowest BCUT2D eigenvalue weighted by molar-refractivity contribution is -0.118. The van der Waals surface area contributed by atoms with Gasteiger partial charge in [0.1, 0.15) is 5.75 Å². The molecule has 1 fully saturated rings. The van der Waals surface area contributed by atoms with Crippen molar-refractivity contribution in [2.24, 2.45) is 0 Å². The number of hydrogen-bond acceptors (Lipinski definition) is 5. The number of carbonyl (C=O) groups excluding carboxylic acids is 2. The maximum atomic E-state index is 11.7. The minimum absolute atomic E-state index is 0.246. The lowest BCUT2D eigenvalue weighted by Gasteiger charge is -2.10. The number of aromatic nitrogens is 1. The smallest absolute Gasteiger partial charge is 0.286 e. The van der Waals surface area contributed by atoms with Gasteiger partial charge in [-0.25, -0.2) is 0 Å². The van der Waals surface area contributed by atoms with Gasteiger partial charge in [-0.3, -0.25) is 19.9 Å². The molecule has 3 rings (SSSR count). The van der Waals surface area contributed by atoms with Crippen molar-refractivity contribution in [3.8, 4) is 5.75 Å². The number of nitrogens with zero attached hydrogens (tertiary/aromatic N) is 1. The highest BCUT2D eigenvalue weighted by molar-refractivity contribution is 8.15. The summed E-state index contributed by atoms with van der Waals surface area (Å²) in [6.45, 7) is 3.28. The highest BCUT2D eigenvalue weighted by Gasteiger charge is 2.31. The van der Waals surface area contributed by atoms with Gasteiger partial charge < -0.3 is 4.74 Å². The molecule has 27 heavy (non-hydrogen) atoms. The number of carbonyl (C=O) groups is 2. The summed E-state index contributed by atoms with van der Waals surface area (Å²) in [6, 6.07) is 10.6. The second-order valence-electron chi connectivity index (χ2n) is 6.14. The molecule has 2 heterocycles. The van der Waals surface area contributed by atoms with Crippen LogP contribution in [0.5, 0.6) is 5.75 Å². The van der Waals surface area contributed by atoms with Gasteiger partial charge in [-0.2, -0.15) is 0 Å². The summed E-state index contributed by atoms with van der Waals surface area (Å²) >= 11 is 1.01. The van der Waals surface area contributed by atoms with Crippen LogP contribution in [0.1, 0.15) is 41.3 Å². The summed E-state index contributed by atoms with van der Waals surface area (Å²) in [7, 11) is 0.